The van der Waals surface area contributed by atoms with Crippen LogP contribution in [0.3, 0.4) is 0 Å². The minimum atomic E-state index is -0.112. The first-order valence-corrected chi connectivity index (χ1v) is 7.06. The molecule has 5 heteroatoms. The van der Waals surface area contributed by atoms with E-state index in [4.69, 9.17) is 27.9 Å². The molecule has 0 unspecified atom stereocenters. The number of rotatable bonds is 3. The molecule has 1 aromatic rings. The van der Waals surface area contributed by atoms with E-state index in [1.165, 1.54) is 0 Å². The molecule has 1 saturated heterocycles. The van der Waals surface area contributed by atoms with E-state index in [0.29, 0.717) is 10.0 Å². The molecule has 2 atom stereocenters. The Hall–Kier alpha value is -0.770. The minimum absolute atomic E-state index is 0.112. The second-order valence-electron chi connectivity index (χ2n) is 4.82. The van der Waals surface area contributed by atoms with Crippen LogP contribution in [0.5, 0.6) is 5.75 Å². The number of ketones is 1. The SMILES string of the molecule is COc1ccc(Cl)c(Cl)c1[C@@H]1CCN[C@H](C(C)=O)C1. The highest BCUT2D eigenvalue weighted by atomic mass is 35.5. The predicted molar refractivity (Wildman–Crippen MR) is 77.5 cm³/mol. The van der Waals surface area contributed by atoms with Gasteiger partial charge in [-0.15, -0.1) is 0 Å². The topological polar surface area (TPSA) is 38.3 Å². The number of Topliss-reactive ketones (excluding diaryl/α,β-unsaturated/α-hetero) is 1. The van der Waals surface area contributed by atoms with Crippen molar-refractivity contribution < 1.29 is 9.53 Å². The van der Waals surface area contributed by atoms with Gasteiger partial charge in [-0.05, 0) is 44.4 Å². The minimum Gasteiger partial charge on any atom is -0.496 e. The summed E-state index contributed by atoms with van der Waals surface area (Å²) in [6.45, 7) is 2.40. The van der Waals surface area contributed by atoms with Gasteiger partial charge in [-0.3, -0.25) is 4.79 Å². The summed E-state index contributed by atoms with van der Waals surface area (Å²) in [5.41, 5.74) is 0.921. The van der Waals surface area contributed by atoms with Gasteiger partial charge in [0.25, 0.3) is 0 Å². The zero-order valence-corrected chi connectivity index (χ0v) is 12.5. The molecule has 1 aromatic carbocycles. The van der Waals surface area contributed by atoms with Crippen LogP contribution in [0.4, 0.5) is 0 Å². The van der Waals surface area contributed by atoms with Crippen LogP contribution in [0.25, 0.3) is 0 Å². The van der Waals surface area contributed by atoms with Crippen LogP contribution in [0.15, 0.2) is 12.1 Å². The van der Waals surface area contributed by atoms with Gasteiger partial charge in [0.2, 0.25) is 0 Å². The quantitative estimate of drug-likeness (QED) is 0.929. The summed E-state index contributed by atoms with van der Waals surface area (Å²) in [5.74, 6) is 1.08. The van der Waals surface area contributed by atoms with Crippen molar-refractivity contribution in [3.63, 3.8) is 0 Å². The second kappa shape index (κ2) is 6.12. The molecule has 0 saturated carbocycles. The van der Waals surface area contributed by atoms with Gasteiger partial charge in [0.1, 0.15) is 11.5 Å². The average Bonchev–Trinajstić information content (AvgIpc) is 2.41. The molecule has 1 heterocycles. The highest BCUT2D eigenvalue weighted by Gasteiger charge is 2.29. The Morgan fingerprint density at radius 1 is 1.42 bits per heavy atom. The van der Waals surface area contributed by atoms with Crippen LogP contribution in [-0.2, 0) is 4.79 Å². The van der Waals surface area contributed by atoms with E-state index in [1.807, 2.05) is 6.07 Å². The number of ether oxygens (including phenoxy) is 1. The van der Waals surface area contributed by atoms with Gasteiger partial charge in [0, 0.05) is 5.56 Å². The second-order valence-corrected chi connectivity index (χ2v) is 5.60. The maximum atomic E-state index is 11.5. The molecule has 104 valence electrons. The summed E-state index contributed by atoms with van der Waals surface area (Å²) in [6, 6.07) is 3.45. The number of carbonyl (C=O) groups excluding carboxylic acids is 1. The number of nitrogens with one attached hydrogen (secondary N) is 1. The van der Waals surface area contributed by atoms with Crippen LogP contribution in [0.1, 0.15) is 31.2 Å². The maximum absolute atomic E-state index is 11.5. The lowest BCUT2D eigenvalue weighted by Gasteiger charge is -2.30. The Morgan fingerprint density at radius 3 is 2.79 bits per heavy atom. The Bertz CT molecular complexity index is 491. The van der Waals surface area contributed by atoms with Gasteiger partial charge < -0.3 is 10.1 Å². The van der Waals surface area contributed by atoms with Crippen LogP contribution < -0.4 is 10.1 Å². The Balaban J connectivity index is 2.35. The standard InChI is InChI=1S/C14H17Cl2NO2/c1-8(18)11-7-9(5-6-17-11)13-12(19-2)4-3-10(15)14(13)16/h3-4,9,11,17H,5-7H2,1-2H3/t9-,11+/m1/s1. The number of hydrogen-bond donors (Lipinski definition) is 1. The smallest absolute Gasteiger partial charge is 0.146 e. The first kappa shape index (κ1) is 14.6. The van der Waals surface area contributed by atoms with Crippen molar-refractivity contribution in [3.8, 4) is 5.75 Å². The molecule has 1 N–H and O–H groups in total. The number of piperidine rings is 1. The largest absolute Gasteiger partial charge is 0.496 e. The highest BCUT2D eigenvalue weighted by Crippen LogP contribution is 2.42. The number of carbonyl (C=O) groups is 1. The van der Waals surface area contributed by atoms with Crippen molar-refractivity contribution in [2.75, 3.05) is 13.7 Å². The van der Waals surface area contributed by atoms with E-state index in [2.05, 4.69) is 5.32 Å². The Kier molecular flexibility index (Phi) is 4.71. The molecular formula is C14H17Cl2NO2. The van der Waals surface area contributed by atoms with Crippen molar-refractivity contribution in [2.45, 2.75) is 31.7 Å². The molecule has 0 amide bonds. The third-order valence-corrected chi connectivity index (χ3v) is 4.43. The molecule has 1 aliphatic heterocycles. The summed E-state index contributed by atoms with van der Waals surface area (Å²) in [4.78, 5) is 11.5. The molecule has 0 radical (unpaired) electrons. The third-order valence-electron chi connectivity index (χ3n) is 3.62. The number of benzene rings is 1. The van der Waals surface area contributed by atoms with E-state index < -0.39 is 0 Å². The fourth-order valence-corrected chi connectivity index (χ4v) is 3.07. The van der Waals surface area contributed by atoms with Crippen molar-refractivity contribution in [1.29, 1.82) is 0 Å². The number of halogens is 2. The van der Waals surface area contributed by atoms with E-state index in [1.54, 1.807) is 20.1 Å². The lowest BCUT2D eigenvalue weighted by Crippen LogP contribution is -2.41. The Morgan fingerprint density at radius 2 is 2.16 bits per heavy atom. The molecule has 1 aliphatic rings. The van der Waals surface area contributed by atoms with Gasteiger partial charge in [-0.2, -0.15) is 0 Å². The van der Waals surface area contributed by atoms with Crippen LogP contribution in [0.2, 0.25) is 10.0 Å². The first-order valence-electron chi connectivity index (χ1n) is 6.30. The van der Waals surface area contributed by atoms with Gasteiger partial charge in [-0.1, -0.05) is 23.2 Å². The van der Waals surface area contributed by atoms with Gasteiger partial charge in [-0.25, -0.2) is 0 Å². The van der Waals surface area contributed by atoms with Gasteiger partial charge in [0.05, 0.1) is 23.2 Å². The molecule has 0 aromatic heterocycles. The van der Waals surface area contributed by atoms with Crippen molar-refractivity contribution >= 4 is 29.0 Å². The summed E-state index contributed by atoms with van der Waals surface area (Å²) >= 11 is 12.4. The van der Waals surface area contributed by atoms with E-state index in [0.717, 1.165) is 30.7 Å². The summed E-state index contributed by atoms with van der Waals surface area (Å²) < 4.78 is 5.38. The van der Waals surface area contributed by atoms with E-state index in [9.17, 15) is 4.79 Å². The fourth-order valence-electron chi connectivity index (χ4n) is 2.60. The van der Waals surface area contributed by atoms with Crippen LogP contribution in [-0.4, -0.2) is 25.5 Å². The summed E-state index contributed by atoms with van der Waals surface area (Å²) in [5, 5.41) is 4.28. The maximum Gasteiger partial charge on any atom is 0.146 e. The lowest BCUT2D eigenvalue weighted by molar-refractivity contribution is -0.119. The third kappa shape index (κ3) is 3.04. The predicted octanol–water partition coefficient (Wildman–Crippen LogP) is 3.43. The molecular weight excluding hydrogens is 285 g/mol. The van der Waals surface area contributed by atoms with Crippen LogP contribution in [0, 0.1) is 0 Å². The molecule has 0 aliphatic carbocycles. The number of hydrogen-bond acceptors (Lipinski definition) is 3. The van der Waals surface area contributed by atoms with Gasteiger partial charge >= 0.3 is 0 Å². The Labute approximate surface area is 123 Å². The highest BCUT2D eigenvalue weighted by molar-refractivity contribution is 6.42. The first-order chi connectivity index (χ1) is 9.04. The van der Waals surface area contributed by atoms with Crippen molar-refractivity contribution in [3.05, 3.63) is 27.7 Å². The number of methoxy groups -OCH3 is 1. The molecule has 2 rings (SSSR count). The zero-order chi connectivity index (χ0) is 14.0. The van der Waals surface area contributed by atoms with Gasteiger partial charge in [0.15, 0.2) is 0 Å². The molecule has 0 spiro atoms. The van der Waals surface area contributed by atoms with E-state index in [-0.39, 0.29) is 17.7 Å². The summed E-state index contributed by atoms with van der Waals surface area (Å²) in [6.07, 6.45) is 1.64. The molecule has 19 heavy (non-hydrogen) atoms. The van der Waals surface area contributed by atoms with Crippen molar-refractivity contribution in [2.24, 2.45) is 0 Å². The van der Waals surface area contributed by atoms with Crippen molar-refractivity contribution in [1.82, 2.24) is 5.32 Å². The van der Waals surface area contributed by atoms with E-state index >= 15 is 0 Å². The molecule has 3 nitrogen and oxygen atoms in total. The van der Waals surface area contributed by atoms with Crippen LogP contribution >= 0.6 is 23.2 Å². The average molecular weight is 302 g/mol. The zero-order valence-electron chi connectivity index (χ0n) is 11.0. The lowest BCUT2D eigenvalue weighted by atomic mass is 9.85. The normalized spacial score (nSPS) is 23.2. The molecule has 0 bridgehead atoms. The summed E-state index contributed by atoms with van der Waals surface area (Å²) in [7, 11) is 1.62. The fraction of sp³-hybridized carbons (Fsp3) is 0.500. The monoisotopic (exact) mass is 301 g/mol. The molecule has 1 fully saturated rings.